The molecule has 0 aromatic heterocycles. The zero-order valence-electron chi connectivity index (χ0n) is 10.2. The van der Waals surface area contributed by atoms with Crippen molar-refractivity contribution in [1.29, 1.82) is 0 Å². The second-order valence-electron chi connectivity index (χ2n) is 3.59. The Hall–Kier alpha value is -1.95. The highest BCUT2D eigenvalue weighted by Gasteiger charge is 2.31. The van der Waals surface area contributed by atoms with Crippen LogP contribution in [-0.4, -0.2) is 40.4 Å². The van der Waals surface area contributed by atoms with Crippen molar-refractivity contribution in [3.63, 3.8) is 0 Å². The van der Waals surface area contributed by atoms with Gasteiger partial charge in [0.1, 0.15) is 6.04 Å². The molecule has 0 aliphatic carbocycles. The van der Waals surface area contributed by atoms with Crippen molar-refractivity contribution in [3.05, 3.63) is 25.3 Å². The first-order chi connectivity index (χ1) is 8.49. The number of nitrogens with zero attached hydrogens (tertiary/aromatic N) is 1. The Morgan fingerprint density at radius 2 is 1.67 bits per heavy atom. The summed E-state index contributed by atoms with van der Waals surface area (Å²) in [7, 11) is 0. The molecule has 0 spiro atoms. The highest BCUT2D eigenvalue weighted by atomic mass is 16.4. The molecule has 0 aromatic rings. The van der Waals surface area contributed by atoms with Crippen molar-refractivity contribution in [2.75, 3.05) is 6.54 Å². The molecule has 0 heterocycles. The van der Waals surface area contributed by atoms with E-state index in [0.29, 0.717) is 24.3 Å². The standard InChI is InChI=1S/C12H18N2O4/c1-3-10(15)14(11(16)4-2)9(12(17)18)7-5-6-8-13/h3-4,9H,1-2,5-8,13H2,(H,17,18)/t9-/m0/s1. The van der Waals surface area contributed by atoms with Gasteiger partial charge in [0.2, 0.25) is 0 Å². The highest BCUT2D eigenvalue weighted by Crippen LogP contribution is 2.11. The molecule has 0 radical (unpaired) electrons. The van der Waals surface area contributed by atoms with Crippen molar-refractivity contribution in [1.82, 2.24) is 4.90 Å². The third-order valence-electron chi connectivity index (χ3n) is 2.35. The quantitative estimate of drug-likeness (QED) is 0.479. The molecule has 6 heteroatoms. The van der Waals surface area contributed by atoms with Crippen LogP contribution in [0.15, 0.2) is 25.3 Å². The van der Waals surface area contributed by atoms with E-state index in [1.807, 2.05) is 0 Å². The number of carboxylic acid groups (broad SMARTS) is 1. The number of unbranched alkanes of at least 4 members (excludes halogenated alkanes) is 1. The molecule has 0 aliphatic heterocycles. The van der Waals surface area contributed by atoms with E-state index in [2.05, 4.69) is 13.2 Å². The Balaban J connectivity index is 5.03. The van der Waals surface area contributed by atoms with Crippen LogP contribution in [0.4, 0.5) is 0 Å². The molecule has 0 aromatic carbocycles. The van der Waals surface area contributed by atoms with E-state index in [4.69, 9.17) is 10.8 Å². The molecule has 0 saturated carbocycles. The number of nitrogens with two attached hydrogens (primary N) is 1. The van der Waals surface area contributed by atoms with Gasteiger partial charge in [-0.2, -0.15) is 0 Å². The average molecular weight is 254 g/mol. The molecule has 0 fully saturated rings. The van der Waals surface area contributed by atoms with E-state index < -0.39 is 23.8 Å². The fraction of sp³-hybridized carbons (Fsp3) is 0.417. The maximum atomic E-state index is 11.5. The minimum absolute atomic E-state index is 0.158. The predicted molar refractivity (Wildman–Crippen MR) is 66.6 cm³/mol. The molecule has 1 atom stereocenters. The number of amides is 2. The predicted octanol–water partition coefficient (Wildman–Crippen LogP) is 0.296. The fourth-order valence-corrected chi connectivity index (χ4v) is 1.46. The van der Waals surface area contributed by atoms with Crippen LogP contribution in [0.5, 0.6) is 0 Å². The summed E-state index contributed by atoms with van der Waals surface area (Å²) in [6.07, 6.45) is 3.10. The summed E-state index contributed by atoms with van der Waals surface area (Å²) >= 11 is 0. The lowest BCUT2D eigenvalue weighted by Gasteiger charge is -2.25. The van der Waals surface area contributed by atoms with Crippen LogP contribution in [-0.2, 0) is 14.4 Å². The van der Waals surface area contributed by atoms with Crippen LogP contribution in [0.1, 0.15) is 19.3 Å². The smallest absolute Gasteiger partial charge is 0.326 e. The number of imide groups is 1. The lowest BCUT2D eigenvalue weighted by atomic mass is 10.1. The summed E-state index contributed by atoms with van der Waals surface area (Å²) in [5, 5.41) is 9.09. The van der Waals surface area contributed by atoms with E-state index in [9.17, 15) is 14.4 Å². The van der Waals surface area contributed by atoms with Crippen LogP contribution in [0.3, 0.4) is 0 Å². The lowest BCUT2D eigenvalue weighted by molar-refractivity contribution is -0.154. The van der Waals surface area contributed by atoms with E-state index in [1.165, 1.54) is 0 Å². The van der Waals surface area contributed by atoms with Gasteiger partial charge in [-0.3, -0.25) is 14.5 Å². The van der Waals surface area contributed by atoms with E-state index in [0.717, 1.165) is 12.2 Å². The lowest BCUT2D eigenvalue weighted by Crippen LogP contribution is -2.47. The third-order valence-corrected chi connectivity index (χ3v) is 2.35. The number of aliphatic carboxylic acids is 1. The fourth-order valence-electron chi connectivity index (χ4n) is 1.46. The van der Waals surface area contributed by atoms with Gasteiger partial charge in [-0.15, -0.1) is 0 Å². The SMILES string of the molecule is C=CC(=O)N(C(=O)C=C)[C@@H](CCCCN)C(=O)O. The van der Waals surface area contributed by atoms with Crippen molar-refractivity contribution < 1.29 is 19.5 Å². The molecule has 0 unspecified atom stereocenters. The highest BCUT2D eigenvalue weighted by molar-refractivity contribution is 6.07. The van der Waals surface area contributed by atoms with E-state index >= 15 is 0 Å². The summed E-state index contributed by atoms with van der Waals surface area (Å²) < 4.78 is 0. The molecular formula is C12H18N2O4. The first-order valence-electron chi connectivity index (χ1n) is 5.54. The maximum absolute atomic E-state index is 11.5. The number of hydrogen-bond donors (Lipinski definition) is 2. The van der Waals surface area contributed by atoms with Gasteiger partial charge in [-0.1, -0.05) is 13.2 Å². The summed E-state index contributed by atoms with van der Waals surface area (Å²) in [4.78, 5) is 34.9. The molecular weight excluding hydrogens is 236 g/mol. The number of carbonyl (C=O) groups excluding carboxylic acids is 2. The Kier molecular flexibility index (Phi) is 7.30. The summed E-state index contributed by atoms with van der Waals surface area (Å²) in [6, 6.07) is -1.22. The van der Waals surface area contributed by atoms with Gasteiger partial charge in [0.05, 0.1) is 0 Å². The first kappa shape index (κ1) is 16.1. The number of carboxylic acids is 1. The summed E-state index contributed by atoms with van der Waals surface area (Å²) in [6.45, 7) is 6.92. The van der Waals surface area contributed by atoms with Gasteiger partial charge in [0.25, 0.3) is 11.8 Å². The monoisotopic (exact) mass is 254 g/mol. The Labute approximate surface area is 106 Å². The second-order valence-corrected chi connectivity index (χ2v) is 3.59. The third kappa shape index (κ3) is 4.50. The zero-order valence-corrected chi connectivity index (χ0v) is 10.2. The molecule has 3 N–H and O–H groups in total. The van der Waals surface area contributed by atoms with Crippen LogP contribution in [0.2, 0.25) is 0 Å². The first-order valence-corrected chi connectivity index (χ1v) is 5.54. The van der Waals surface area contributed by atoms with Crippen molar-refractivity contribution >= 4 is 17.8 Å². The molecule has 0 aliphatic rings. The van der Waals surface area contributed by atoms with Crippen molar-refractivity contribution in [2.24, 2.45) is 5.73 Å². The molecule has 100 valence electrons. The second kappa shape index (κ2) is 8.19. The number of carbonyl (C=O) groups is 3. The summed E-state index contributed by atoms with van der Waals surface area (Å²) in [5.74, 6) is -2.74. The molecule has 18 heavy (non-hydrogen) atoms. The normalized spacial score (nSPS) is 11.4. The van der Waals surface area contributed by atoms with Crippen LogP contribution in [0, 0.1) is 0 Å². The van der Waals surface area contributed by atoms with Gasteiger partial charge in [0, 0.05) is 0 Å². The topological polar surface area (TPSA) is 101 Å². The van der Waals surface area contributed by atoms with Crippen molar-refractivity contribution in [2.45, 2.75) is 25.3 Å². The van der Waals surface area contributed by atoms with Crippen LogP contribution < -0.4 is 5.73 Å². The average Bonchev–Trinajstić information content (AvgIpc) is 2.36. The van der Waals surface area contributed by atoms with Crippen molar-refractivity contribution in [3.8, 4) is 0 Å². The largest absolute Gasteiger partial charge is 0.480 e. The van der Waals surface area contributed by atoms with Crippen LogP contribution >= 0.6 is 0 Å². The van der Waals surface area contributed by atoms with Gasteiger partial charge in [-0.25, -0.2) is 4.79 Å². The van der Waals surface area contributed by atoms with E-state index in [-0.39, 0.29) is 6.42 Å². The summed E-state index contributed by atoms with van der Waals surface area (Å²) in [5.41, 5.74) is 5.31. The molecule has 0 rings (SSSR count). The molecule has 0 saturated heterocycles. The number of rotatable bonds is 8. The molecule has 0 bridgehead atoms. The number of hydrogen-bond acceptors (Lipinski definition) is 4. The van der Waals surface area contributed by atoms with Gasteiger partial charge in [0.15, 0.2) is 0 Å². The maximum Gasteiger partial charge on any atom is 0.326 e. The van der Waals surface area contributed by atoms with Gasteiger partial charge in [-0.05, 0) is 38.0 Å². The Morgan fingerprint density at radius 3 is 2.00 bits per heavy atom. The Morgan fingerprint density at radius 1 is 1.17 bits per heavy atom. The zero-order chi connectivity index (χ0) is 14.1. The Bertz CT molecular complexity index is 332. The minimum atomic E-state index is -1.24. The molecule has 2 amide bonds. The van der Waals surface area contributed by atoms with Crippen LogP contribution in [0.25, 0.3) is 0 Å². The van der Waals surface area contributed by atoms with Gasteiger partial charge >= 0.3 is 5.97 Å². The minimum Gasteiger partial charge on any atom is -0.480 e. The van der Waals surface area contributed by atoms with Gasteiger partial charge < -0.3 is 10.8 Å². The molecule has 6 nitrogen and oxygen atoms in total. The van der Waals surface area contributed by atoms with E-state index in [1.54, 1.807) is 0 Å².